The molecule has 0 unspecified atom stereocenters. The molecule has 0 saturated carbocycles. The normalized spacial score (nSPS) is 11.8. The molecule has 0 spiro atoms. The molecule has 0 aliphatic rings. The molecule has 3 heterocycles. The number of rotatable bonds is 8. The molecule has 7 nitrogen and oxygen atoms in total. The molecule has 194 valence electrons. The standard InChI is InChI=1S/C28H23F2N3O4S/c1-17-6-7-21(13-31-17)20-5-3-4-19(9-20)14-33-15-27(28-25(30)10-22(29)11-26(28)33)38(35,36)16-24(34)12-23-8-18(2)37-32-23/h3-11,13,15H,12,14,16H2,1-2H3. The second-order valence-electron chi connectivity index (χ2n) is 9.20. The van der Waals surface area contributed by atoms with Gasteiger partial charge in [0.05, 0.1) is 27.9 Å². The number of Topliss-reactive ketones (excluding diaryl/α,β-unsaturated/α-hetero) is 1. The summed E-state index contributed by atoms with van der Waals surface area (Å²) in [5, 5.41) is 3.46. The van der Waals surface area contributed by atoms with Crippen molar-refractivity contribution >= 4 is 26.5 Å². The van der Waals surface area contributed by atoms with Crippen LogP contribution in [0.25, 0.3) is 22.0 Å². The molecule has 0 aliphatic heterocycles. The molecule has 38 heavy (non-hydrogen) atoms. The van der Waals surface area contributed by atoms with Gasteiger partial charge in [0.25, 0.3) is 0 Å². The minimum atomic E-state index is -4.26. The first-order chi connectivity index (χ1) is 18.1. The number of carbonyl (C=O) groups is 1. The number of aromatic nitrogens is 3. The van der Waals surface area contributed by atoms with Crippen molar-refractivity contribution in [3.8, 4) is 11.1 Å². The van der Waals surface area contributed by atoms with Gasteiger partial charge in [-0.3, -0.25) is 9.78 Å². The van der Waals surface area contributed by atoms with Gasteiger partial charge in [0.1, 0.15) is 23.1 Å². The van der Waals surface area contributed by atoms with E-state index in [0.29, 0.717) is 17.5 Å². The average molecular weight is 536 g/mol. The van der Waals surface area contributed by atoms with Crippen LogP contribution in [0.4, 0.5) is 8.78 Å². The monoisotopic (exact) mass is 535 g/mol. The summed E-state index contributed by atoms with van der Waals surface area (Å²) in [6, 6.07) is 14.6. The molecule has 2 aromatic carbocycles. The minimum Gasteiger partial charge on any atom is -0.361 e. The predicted octanol–water partition coefficient (Wildman–Crippen LogP) is 5.22. The molecule has 0 aliphatic carbocycles. The Morgan fingerprint density at radius 1 is 1.03 bits per heavy atom. The van der Waals surface area contributed by atoms with Crippen LogP contribution in [0.15, 0.2) is 76.4 Å². The third-order valence-electron chi connectivity index (χ3n) is 6.13. The van der Waals surface area contributed by atoms with Gasteiger partial charge >= 0.3 is 0 Å². The maximum Gasteiger partial charge on any atom is 0.187 e. The number of ketones is 1. The number of hydrogen-bond acceptors (Lipinski definition) is 6. The second kappa shape index (κ2) is 9.94. The first-order valence-electron chi connectivity index (χ1n) is 11.8. The number of hydrogen-bond donors (Lipinski definition) is 0. The van der Waals surface area contributed by atoms with Crippen LogP contribution in [0.5, 0.6) is 0 Å². The molecular weight excluding hydrogens is 512 g/mol. The lowest BCUT2D eigenvalue weighted by molar-refractivity contribution is -0.116. The van der Waals surface area contributed by atoms with Crippen molar-refractivity contribution in [2.24, 2.45) is 0 Å². The Morgan fingerprint density at radius 2 is 1.84 bits per heavy atom. The van der Waals surface area contributed by atoms with Gasteiger partial charge in [0, 0.05) is 42.3 Å². The van der Waals surface area contributed by atoms with E-state index in [0.717, 1.165) is 28.5 Å². The van der Waals surface area contributed by atoms with Gasteiger partial charge in [-0.15, -0.1) is 0 Å². The quantitative estimate of drug-likeness (QED) is 0.270. The van der Waals surface area contributed by atoms with Crippen LogP contribution >= 0.6 is 0 Å². The number of carbonyl (C=O) groups excluding carboxylic acids is 1. The van der Waals surface area contributed by atoms with Crippen LogP contribution in [0.2, 0.25) is 0 Å². The van der Waals surface area contributed by atoms with Gasteiger partial charge in [-0.1, -0.05) is 29.4 Å². The van der Waals surface area contributed by atoms with Gasteiger partial charge in [0.15, 0.2) is 15.6 Å². The molecule has 10 heteroatoms. The first-order valence-corrected chi connectivity index (χ1v) is 13.4. The molecule has 0 N–H and O–H groups in total. The van der Waals surface area contributed by atoms with Crippen LogP contribution in [0.1, 0.15) is 22.7 Å². The van der Waals surface area contributed by atoms with Crippen molar-refractivity contribution in [3.05, 3.63) is 101 Å². The molecule has 0 atom stereocenters. The van der Waals surface area contributed by atoms with Crippen LogP contribution in [0, 0.1) is 25.5 Å². The van der Waals surface area contributed by atoms with Crippen molar-refractivity contribution in [2.75, 3.05) is 5.75 Å². The Hall–Kier alpha value is -4.18. The van der Waals surface area contributed by atoms with Crippen molar-refractivity contribution in [1.29, 1.82) is 0 Å². The highest BCUT2D eigenvalue weighted by Crippen LogP contribution is 2.31. The molecule has 0 amide bonds. The van der Waals surface area contributed by atoms with E-state index in [1.165, 1.54) is 10.8 Å². The summed E-state index contributed by atoms with van der Waals surface area (Å²) in [4.78, 5) is 16.5. The Labute approximate surface area is 217 Å². The summed E-state index contributed by atoms with van der Waals surface area (Å²) in [6.45, 7) is 3.69. The second-order valence-corrected chi connectivity index (χ2v) is 11.2. The number of pyridine rings is 1. The number of aryl methyl sites for hydroxylation is 2. The zero-order chi connectivity index (χ0) is 27.0. The maximum absolute atomic E-state index is 15.0. The lowest BCUT2D eigenvalue weighted by Crippen LogP contribution is -2.18. The Balaban J connectivity index is 1.50. The molecular formula is C28H23F2N3O4S. The number of nitrogens with zero attached hydrogens (tertiary/aromatic N) is 3. The first kappa shape index (κ1) is 25.5. The zero-order valence-corrected chi connectivity index (χ0v) is 21.4. The highest BCUT2D eigenvalue weighted by atomic mass is 32.2. The summed E-state index contributed by atoms with van der Waals surface area (Å²) >= 11 is 0. The third kappa shape index (κ3) is 5.26. The van der Waals surface area contributed by atoms with Crippen molar-refractivity contribution in [2.45, 2.75) is 31.7 Å². The number of benzene rings is 2. The van der Waals surface area contributed by atoms with E-state index >= 15 is 0 Å². The molecule has 0 bridgehead atoms. The zero-order valence-electron chi connectivity index (χ0n) is 20.6. The van der Waals surface area contributed by atoms with Crippen LogP contribution in [0.3, 0.4) is 0 Å². The van der Waals surface area contributed by atoms with Crippen molar-refractivity contribution in [3.63, 3.8) is 0 Å². The van der Waals surface area contributed by atoms with E-state index < -0.39 is 33.0 Å². The van der Waals surface area contributed by atoms with Crippen LogP contribution in [-0.2, 0) is 27.6 Å². The molecule has 0 radical (unpaired) electrons. The van der Waals surface area contributed by atoms with Crippen LogP contribution < -0.4 is 0 Å². The number of sulfone groups is 1. The number of halogens is 2. The largest absolute Gasteiger partial charge is 0.361 e. The molecule has 5 aromatic rings. The van der Waals surface area contributed by atoms with Crippen molar-refractivity contribution < 1.29 is 26.5 Å². The topological polar surface area (TPSA) is 95.1 Å². The van der Waals surface area contributed by atoms with E-state index in [1.54, 1.807) is 19.2 Å². The highest BCUT2D eigenvalue weighted by molar-refractivity contribution is 7.92. The SMILES string of the molecule is Cc1ccc(-c2cccc(Cn3cc(S(=O)(=O)CC(=O)Cc4cc(C)on4)c4c(F)cc(F)cc43)c2)cn1. The fourth-order valence-corrected chi connectivity index (χ4v) is 5.88. The fourth-order valence-electron chi connectivity index (χ4n) is 4.40. The fraction of sp³-hybridized carbons (Fsp3) is 0.179. The van der Waals surface area contributed by atoms with Crippen LogP contribution in [-0.4, -0.2) is 34.7 Å². The van der Waals surface area contributed by atoms with E-state index in [2.05, 4.69) is 10.1 Å². The molecule has 3 aromatic heterocycles. The van der Waals surface area contributed by atoms with E-state index in [1.807, 2.05) is 43.3 Å². The summed E-state index contributed by atoms with van der Waals surface area (Å²) in [6.07, 6.45) is 2.77. The highest BCUT2D eigenvalue weighted by Gasteiger charge is 2.27. The molecule has 0 saturated heterocycles. The van der Waals surface area contributed by atoms with E-state index in [-0.39, 0.29) is 28.8 Å². The van der Waals surface area contributed by atoms with Gasteiger partial charge in [-0.05, 0) is 43.2 Å². The molecule has 0 fully saturated rings. The predicted molar refractivity (Wildman–Crippen MR) is 137 cm³/mol. The van der Waals surface area contributed by atoms with Gasteiger partial charge in [-0.2, -0.15) is 0 Å². The van der Waals surface area contributed by atoms with Gasteiger partial charge in [0.2, 0.25) is 0 Å². The third-order valence-corrected chi connectivity index (χ3v) is 7.81. The van der Waals surface area contributed by atoms with Gasteiger partial charge in [-0.25, -0.2) is 17.2 Å². The summed E-state index contributed by atoms with van der Waals surface area (Å²) < 4.78 is 62.1. The lowest BCUT2D eigenvalue weighted by Gasteiger charge is -2.09. The molecule has 5 rings (SSSR count). The number of fused-ring (bicyclic) bond motifs is 1. The lowest BCUT2D eigenvalue weighted by atomic mass is 10.0. The maximum atomic E-state index is 15.0. The Morgan fingerprint density at radius 3 is 2.55 bits per heavy atom. The Kier molecular flexibility index (Phi) is 6.66. The summed E-state index contributed by atoms with van der Waals surface area (Å²) in [5.41, 5.74) is 3.84. The minimum absolute atomic E-state index is 0.0723. The Bertz CT molecular complexity index is 1770. The average Bonchev–Trinajstić information content (AvgIpc) is 3.43. The van der Waals surface area contributed by atoms with E-state index in [9.17, 15) is 22.0 Å². The summed E-state index contributed by atoms with van der Waals surface area (Å²) in [7, 11) is -4.26. The smallest absolute Gasteiger partial charge is 0.187 e. The van der Waals surface area contributed by atoms with E-state index in [4.69, 9.17) is 4.52 Å². The van der Waals surface area contributed by atoms with Gasteiger partial charge < -0.3 is 9.09 Å². The summed E-state index contributed by atoms with van der Waals surface area (Å²) in [5.74, 6) is -2.84. The van der Waals surface area contributed by atoms with Crippen molar-refractivity contribution in [1.82, 2.24) is 14.7 Å².